The van der Waals surface area contributed by atoms with Crippen molar-refractivity contribution in [2.45, 2.75) is 6.92 Å². The minimum Gasteiger partial charge on any atom is -0.337 e. The first-order valence-electron chi connectivity index (χ1n) is 8.48. The summed E-state index contributed by atoms with van der Waals surface area (Å²) >= 11 is 4.99. The maximum absolute atomic E-state index is 13.3. The second-order valence-corrected chi connectivity index (χ2v) is 6.48. The van der Waals surface area contributed by atoms with Crippen LogP contribution >= 0.6 is 12.2 Å². The number of H-pyrrole nitrogens is 1. The molecule has 0 saturated carbocycles. The third-order valence-electron chi connectivity index (χ3n) is 4.33. The maximum atomic E-state index is 13.3. The zero-order valence-electron chi connectivity index (χ0n) is 14.6. The zero-order chi connectivity index (χ0) is 18.8. The average Bonchev–Trinajstić information content (AvgIpc) is 3.14. The molecule has 5 heteroatoms. The van der Waals surface area contributed by atoms with Gasteiger partial charge in [-0.25, -0.2) is 9.37 Å². The lowest BCUT2D eigenvalue weighted by atomic mass is 10.0. The molecule has 132 valence electrons. The number of hydrogen-bond acceptors (Lipinski definition) is 3. The number of benzene rings is 2. The minimum absolute atomic E-state index is 0.272. The molecule has 2 aromatic heterocycles. The van der Waals surface area contributed by atoms with Gasteiger partial charge in [0.05, 0.1) is 11.4 Å². The van der Waals surface area contributed by atoms with Crippen LogP contribution in [0.25, 0.3) is 33.9 Å². The second kappa shape index (κ2) is 7.21. The summed E-state index contributed by atoms with van der Waals surface area (Å²) in [5, 5.41) is 1.64. The Morgan fingerprint density at radius 3 is 2.30 bits per heavy atom. The summed E-state index contributed by atoms with van der Waals surface area (Å²) in [4.78, 5) is 12.5. The van der Waals surface area contributed by atoms with Gasteiger partial charge in [0.25, 0.3) is 0 Å². The van der Waals surface area contributed by atoms with Gasteiger partial charge in [-0.05, 0) is 48.9 Å². The molecule has 3 nitrogen and oxygen atoms in total. The molecule has 0 fully saturated rings. The number of aryl methyl sites for hydroxylation is 1. The number of halogens is 1. The topological polar surface area (TPSA) is 41.6 Å². The Morgan fingerprint density at radius 2 is 1.63 bits per heavy atom. The van der Waals surface area contributed by atoms with Crippen molar-refractivity contribution in [3.8, 4) is 33.9 Å². The SMILES string of the molecule is Cc1cc(-c2[nH]c(-c3ccc(F)cc3)nc2-c2ccc(C=S)cc2)ccn1. The monoisotopic (exact) mass is 373 g/mol. The summed E-state index contributed by atoms with van der Waals surface area (Å²) in [6.07, 6.45) is 1.78. The standard InChI is InChI=1S/C22H16FN3S/c1-14-12-18(10-11-24-14)21-20(16-4-2-15(13-27)3-5-16)25-22(26-21)17-6-8-19(23)9-7-17/h2-13H,1H3,(H,25,26). The van der Waals surface area contributed by atoms with Gasteiger partial charge in [0, 0.05) is 33.9 Å². The van der Waals surface area contributed by atoms with Crippen LogP contribution in [0.5, 0.6) is 0 Å². The molecule has 0 radical (unpaired) electrons. The van der Waals surface area contributed by atoms with Gasteiger partial charge >= 0.3 is 0 Å². The van der Waals surface area contributed by atoms with Crippen molar-refractivity contribution in [1.29, 1.82) is 0 Å². The smallest absolute Gasteiger partial charge is 0.138 e. The Hall–Kier alpha value is -3.18. The van der Waals surface area contributed by atoms with E-state index in [1.165, 1.54) is 12.1 Å². The van der Waals surface area contributed by atoms with Crippen LogP contribution in [-0.2, 0) is 0 Å². The number of pyridine rings is 1. The van der Waals surface area contributed by atoms with Crippen LogP contribution in [0.1, 0.15) is 11.3 Å². The number of thiocarbonyl (C=S) groups is 1. The largest absolute Gasteiger partial charge is 0.337 e. The van der Waals surface area contributed by atoms with Gasteiger partial charge in [0.1, 0.15) is 11.6 Å². The highest BCUT2D eigenvalue weighted by molar-refractivity contribution is 7.79. The van der Waals surface area contributed by atoms with E-state index in [-0.39, 0.29) is 5.82 Å². The molecule has 0 aliphatic heterocycles. The number of imidazole rings is 1. The molecule has 2 heterocycles. The summed E-state index contributed by atoms with van der Waals surface area (Å²) in [7, 11) is 0. The fraction of sp³-hybridized carbons (Fsp3) is 0.0455. The van der Waals surface area contributed by atoms with Crippen molar-refractivity contribution in [3.63, 3.8) is 0 Å². The molecule has 4 aromatic rings. The molecule has 0 unspecified atom stereocenters. The fourth-order valence-electron chi connectivity index (χ4n) is 2.96. The zero-order valence-corrected chi connectivity index (χ0v) is 15.4. The second-order valence-electron chi connectivity index (χ2n) is 6.24. The lowest BCUT2D eigenvalue weighted by Gasteiger charge is -2.04. The first-order valence-corrected chi connectivity index (χ1v) is 8.96. The highest BCUT2D eigenvalue weighted by Crippen LogP contribution is 2.33. The molecule has 0 aliphatic rings. The highest BCUT2D eigenvalue weighted by Gasteiger charge is 2.15. The van der Waals surface area contributed by atoms with E-state index in [9.17, 15) is 4.39 Å². The maximum Gasteiger partial charge on any atom is 0.138 e. The van der Waals surface area contributed by atoms with E-state index in [1.54, 1.807) is 23.7 Å². The minimum atomic E-state index is -0.272. The predicted molar refractivity (Wildman–Crippen MR) is 110 cm³/mol. The molecule has 0 aliphatic carbocycles. The van der Waals surface area contributed by atoms with Gasteiger partial charge in [0.15, 0.2) is 0 Å². The van der Waals surface area contributed by atoms with Crippen LogP contribution in [0, 0.1) is 12.7 Å². The summed E-state index contributed by atoms with van der Waals surface area (Å²) in [6, 6.07) is 18.2. The number of aromatic nitrogens is 3. The Balaban J connectivity index is 1.89. The van der Waals surface area contributed by atoms with Gasteiger partial charge in [-0.15, -0.1) is 0 Å². The van der Waals surface area contributed by atoms with E-state index in [0.29, 0.717) is 5.82 Å². The quantitative estimate of drug-likeness (QED) is 0.473. The van der Waals surface area contributed by atoms with Gasteiger partial charge in [-0.3, -0.25) is 4.98 Å². The number of rotatable bonds is 4. The van der Waals surface area contributed by atoms with Crippen molar-refractivity contribution < 1.29 is 4.39 Å². The Kier molecular flexibility index (Phi) is 4.60. The molecule has 2 aromatic carbocycles. The van der Waals surface area contributed by atoms with Crippen molar-refractivity contribution in [2.24, 2.45) is 0 Å². The molecule has 27 heavy (non-hydrogen) atoms. The molecule has 0 saturated heterocycles. The Morgan fingerprint density at radius 1 is 0.926 bits per heavy atom. The van der Waals surface area contributed by atoms with E-state index >= 15 is 0 Å². The molecule has 1 N–H and O–H groups in total. The normalized spacial score (nSPS) is 10.7. The molecule has 0 bridgehead atoms. The highest BCUT2D eigenvalue weighted by atomic mass is 32.1. The Bertz CT molecular complexity index is 1100. The van der Waals surface area contributed by atoms with Gasteiger partial charge in [0.2, 0.25) is 0 Å². The predicted octanol–water partition coefficient (Wildman–Crippen LogP) is 5.60. The van der Waals surface area contributed by atoms with Crippen LogP contribution in [0.2, 0.25) is 0 Å². The lowest BCUT2D eigenvalue weighted by Crippen LogP contribution is -1.87. The summed E-state index contributed by atoms with van der Waals surface area (Å²) in [5.74, 6) is 0.416. The average molecular weight is 373 g/mol. The van der Waals surface area contributed by atoms with Crippen molar-refractivity contribution in [3.05, 3.63) is 83.9 Å². The summed E-state index contributed by atoms with van der Waals surface area (Å²) in [6.45, 7) is 1.95. The number of aromatic amines is 1. The van der Waals surface area contributed by atoms with Crippen LogP contribution in [0.3, 0.4) is 0 Å². The molecular weight excluding hydrogens is 357 g/mol. The van der Waals surface area contributed by atoms with Crippen molar-refractivity contribution in [2.75, 3.05) is 0 Å². The first-order chi connectivity index (χ1) is 13.1. The van der Waals surface area contributed by atoms with E-state index in [2.05, 4.69) is 9.97 Å². The number of hydrogen-bond donors (Lipinski definition) is 1. The summed E-state index contributed by atoms with van der Waals surface area (Å²) in [5.41, 5.74) is 6.43. The first kappa shape index (κ1) is 17.2. The summed E-state index contributed by atoms with van der Waals surface area (Å²) < 4.78 is 13.3. The van der Waals surface area contributed by atoms with Crippen molar-refractivity contribution >= 4 is 17.6 Å². The molecule has 0 atom stereocenters. The number of nitrogens with one attached hydrogen (secondary N) is 1. The van der Waals surface area contributed by atoms with E-state index in [0.717, 1.165) is 39.3 Å². The van der Waals surface area contributed by atoms with Gasteiger partial charge in [-0.2, -0.15) is 0 Å². The molecule has 0 amide bonds. The van der Waals surface area contributed by atoms with Crippen LogP contribution in [0.4, 0.5) is 4.39 Å². The van der Waals surface area contributed by atoms with E-state index < -0.39 is 0 Å². The third-order valence-corrected chi connectivity index (χ3v) is 4.60. The molecule has 4 rings (SSSR count). The van der Waals surface area contributed by atoms with Crippen LogP contribution < -0.4 is 0 Å². The lowest BCUT2D eigenvalue weighted by molar-refractivity contribution is 0.628. The number of nitrogens with zero attached hydrogens (tertiary/aromatic N) is 2. The van der Waals surface area contributed by atoms with Crippen molar-refractivity contribution in [1.82, 2.24) is 15.0 Å². The third kappa shape index (κ3) is 3.55. The van der Waals surface area contributed by atoms with Crippen LogP contribution in [0.15, 0.2) is 66.9 Å². The molecule has 0 spiro atoms. The Labute approximate surface area is 162 Å². The van der Waals surface area contributed by atoms with Gasteiger partial charge in [-0.1, -0.05) is 36.5 Å². The fourth-order valence-corrected chi connectivity index (χ4v) is 3.11. The van der Waals surface area contributed by atoms with E-state index in [4.69, 9.17) is 17.2 Å². The van der Waals surface area contributed by atoms with Crippen LogP contribution in [-0.4, -0.2) is 20.3 Å². The van der Waals surface area contributed by atoms with Gasteiger partial charge < -0.3 is 4.98 Å². The van der Waals surface area contributed by atoms with E-state index in [1.807, 2.05) is 43.3 Å². The molecular formula is C22H16FN3S.